The summed E-state index contributed by atoms with van der Waals surface area (Å²) < 4.78 is 26.8. The first-order valence-electron chi connectivity index (χ1n) is 6.87. The van der Waals surface area contributed by atoms with Crippen LogP contribution in [-0.2, 0) is 9.59 Å². The van der Waals surface area contributed by atoms with Gasteiger partial charge in [0.05, 0.1) is 0 Å². The van der Waals surface area contributed by atoms with Crippen LogP contribution < -0.4 is 5.32 Å². The first-order valence-corrected chi connectivity index (χ1v) is 6.87. The Balaban J connectivity index is 2.63. The minimum atomic E-state index is -0.825. The van der Waals surface area contributed by atoms with E-state index in [1.54, 1.807) is 4.90 Å². The average molecular weight is 298 g/mol. The highest BCUT2D eigenvalue weighted by Crippen LogP contribution is 2.18. The molecule has 0 aliphatic heterocycles. The summed E-state index contributed by atoms with van der Waals surface area (Å²) in [5.74, 6) is -2.31. The minimum absolute atomic E-state index is 0.0143. The van der Waals surface area contributed by atoms with Crippen molar-refractivity contribution in [3.05, 3.63) is 29.8 Å². The van der Waals surface area contributed by atoms with Crippen molar-refractivity contribution in [3.63, 3.8) is 0 Å². The van der Waals surface area contributed by atoms with Gasteiger partial charge in [0.1, 0.15) is 17.3 Å². The van der Waals surface area contributed by atoms with E-state index < -0.39 is 23.2 Å². The van der Waals surface area contributed by atoms with E-state index in [1.807, 2.05) is 13.8 Å². The maximum atomic E-state index is 13.4. The van der Waals surface area contributed by atoms with E-state index >= 15 is 0 Å². The molecule has 0 aliphatic carbocycles. The van der Waals surface area contributed by atoms with Gasteiger partial charge in [-0.2, -0.15) is 0 Å². The lowest BCUT2D eigenvalue weighted by atomic mass is 10.2. The lowest BCUT2D eigenvalue weighted by molar-refractivity contribution is -0.131. The van der Waals surface area contributed by atoms with Gasteiger partial charge in [-0.15, -0.1) is 0 Å². The van der Waals surface area contributed by atoms with E-state index in [4.69, 9.17) is 0 Å². The standard InChI is InChI=1S/C15H20F2N2O2/c1-4-10(2)19(11(3)20)9-8-14(21)18-15-12(16)6-5-7-13(15)17/h5-7,10H,4,8-9H2,1-3H3,(H,18,21). The van der Waals surface area contributed by atoms with Crippen LogP contribution >= 0.6 is 0 Å². The molecule has 6 heteroatoms. The van der Waals surface area contributed by atoms with Crippen LogP contribution in [0.4, 0.5) is 14.5 Å². The Kier molecular flexibility index (Phi) is 6.27. The molecular weight excluding hydrogens is 278 g/mol. The Morgan fingerprint density at radius 3 is 2.33 bits per heavy atom. The van der Waals surface area contributed by atoms with Crippen molar-refractivity contribution >= 4 is 17.5 Å². The summed E-state index contributed by atoms with van der Waals surface area (Å²) in [6, 6.07) is 3.38. The fraction of sp³-hybridized carbons (Fsp3) is 0.467. The fourth-order valence-electron chi connectivity index (χ4n) is 1.95. The monoisotopic (exact) mass is 298 g/mol. The molecule has 0 saturated heterocycles. The highest BCUT2D eigenvalue weighted by atomic mass is 19.1. The van der Waals surface area contributed by atoms with Gasteiger partial charge >= 0.3 is 0 Å². The second kappa shape index (κ2) is 7.71. The van der Waals surface area contributed by atoms with Crippen LogP contribution in [0.3, 0.4) is 0 Å². The number of carbonyl (C=O) groups is 2. The zero-order valence-corrected chi connectivity index (χ0v) is 12.5. The second-order valence-electron chi connectivity index (χ2n) is 4.86. The van der Waals surface area contributed by atoms with Gasteiger partial charge in [0.15, 0.2) is 0 Å². The van der Waals surface area contributed by atoms with Crippen LogP contribution in [0.25, 0.3) is 0 Å². The van der Waals surface area contributed by atoms with Gasteiger partial charge in [-0.25, -0.2) is 8.78 Å². The number of benzene rings is 1. The molecule has 1 aromatic rings. The van der Waals surface area contributed by atoms with E-state index in [9.17, 15) is 18.4 Å². The summed E-state index contributed by atoms with van der Waals surface area (Å²) in [6.45, 7) is 5.47. The van der Waals surface area contributed by atoms with Crippen LogP contribution in [0.2, 0.25) is 0 Å². The zero-order chi connectivity index (χ0) is 16.0. The molecule has 2 amide bonds. The molecule has 116 valence electrons. The molecule has 0 heterocycles. The number of nitrogens with one attached hydrogen (secondary N) is 1. The highest BCUT2D eigenvalue weighted by Gasteiger charge is 2.17. The number of para-hydroxylation sites is 1. The van der Waals surface area contributed by atoms with Gasteiger partial charge < -0.3 is 10.2 Å². The van der Waals surface area contributed by atoms with Crippen molar-refractivity contribution in [2.75, 3.05) is 11.9 Å². The Morgan fingerprint density at radius 1 is 1.29 bits per heavy atom. The van der Waals surface area contributed by atoms with Gasteiger partial charge in [0, 0.05) is 25.9 Å². The Morgan fingerprint density at radius 2 is 1.86 bits per heavy atom. The lowest BCUT2D eigenvalue weighted by Crippen LogP contribution is -2.38. The molecule has 0 aromatic heterocycles. The van der Waals surface area contributed by atoms with Crippen LogP contribution in [0.5, 0.6) is 0 Å². The van der Waals surface area contributed by atoms with Gasteiger partial charge in [0.2, 0.25) is 11.8 Å². The molecule has 0 radical (unpaired) electrons. The number of rotatable bonds is 6. The lowest BCUT2D eigenvalue weighted by Gasteiger charge is -2.27. The van der Waals surface area contributed by atoms with E-state index in [2.05, 4.69) is 5.32 Å². The number of hydrogen-bond acceptors (Lipinski definition) is 2. The van der Waals surface area contributed by atoms with Gasteiger partial charge in [-0.1, -0.05) is 13.0 Å². The number of hydrogen-bond donors (Lipinski definition) is 1. The van der Waals surface area contributed by atoms with Crippen LogP contribution in [0.1, 0.15) is 33.6 Å². The van der Waals surface area contributed by atoms with Crippen LogP contribution in [0, 0.1) is 11.6 Å². The highest BCUT2D eigenvalue weighted by molar-refractivity contribution is 5.91. The maximum Gasteiger partial charge on any atom is 0.226 e. The molecule has 1 unspecified atom stereocenters. The Labute approximate surface area is 123 Å². The van der Waals surface area contributed by atoms with Crippen molar-refractivity contribution < 1.29 is 18.4 Å². The van der Waals surface area contributed by atoms with Crippen molar-refractivity contribution in [1.82, 2.24) is 4.90 Å². The first kappa shape index (κ1) is 17.1. The predicted octanol–water partition coefficient (Wildman–Crippen LogP) is 2.94. The number of amides is 2. The quantitative estimate of drug-likeness (QED) is 0.878. The van der Waals surface area contributed by atoms with Crippen molar-refractivity contribution in [3.8, 4) is 0 Å². The molecule has 1 N–H and O–H groups in total. The molecule has 4 nitrogen and oxygen atoms in total. The molecule has 1 atom stereocenters. The minimum Gasteiger partial charge on any atom is -0.340 e. The Bertz CT molecular complexity index is 500. The topological polar surface area (TPSA) is 49.4 Å². The Hall–Kier alpha value is -1.98. The largest absolute Gasteiger partial charge is 0.340 e. The average Bonchev–Trinajstić information content (AvgIpc) is 2.42. The number of nitrogens with zero attached hydrogens (tertiary/aromatic N) is 1. The predicted molar refractivity (Wildman–Crippen MR) is 76.7 cm³/mol. The summed E-state index contributed by atoms with van der Waals surface area (Å²) in [7, 11) is 0. The molecule has 0 aliphatic rings. The van der Waals surface area contributed by atoms with Crippen LogP contribution in [-0.4, -0.2) is 29.3 Å². The van der Waals surface area contributed by atoms with E-state index in [0.29, 0.717) is 0 Å². The molecule has 0 spiro atoms. The van der Waals surface area contributed by atoms with Crippen molar-refractivity contribution in [2.24, 2.45) is 0 Å². The fourth-order valence-corrected chi connectivity index (χ4v) is 1.95. The van der Waals surface area contributed by atoms with E-state index in [1.165, 1.54) is 13.0 Å². The van der Waals surface area contributed by atoms with Crippen molar-refractivity contribution in [2.45, 2.75) is 39.7 Å². The normalized spacial score (nSPS) is 11.9. The third-order valence-electron chi connectivity index (χ3n) is 3.33. The summed E-state index contributed by atoms with van der Waals surface area (Å²) >= 11 is 0. The molecule has 0 bridgehead atoms. The molecular formula is C15H20F2N2O2. The summed E-state index contributed by atoms with van der Waals surface area (Å²) in [5.41, 5.74) is -0.458. The van der Waals surface area contributed by atoms with E-state index in [0.717, 1.165) is 18.6 Å². The molecule has 1 aromatic carbocycles. The molecule has 0 saturated carbocycles. The zero-order valence-electron chi connectivity index (χ0n) is 12.5. The molecule has 1 rings (SSSR count). The third-order valence-corrected chi connectivity index (χ3v) is 3.33. The first-order chi connectivity index (χ1) is 9.86. The number of halogens is 2. The van der Waals surface area contributed by atoms with Crippen molar-refractivity contribution in [1.29, 1.82) is 0 Å². The maximum absolute atomic E-state index is 13.4. The SMILES string of the molecule is CCC(C)N(CCC(=O)Nc1c(F)cccc1F)C(C)=O. The van der Waals surface area contributed by atoms with E-state index in [-0.39, 0.29) is 24.9 Å². The smallest absolute Gasteiger partial charge is 0.226 e. The second-order valence-corrected chi connectivity index (χ2v) is 4.86. The third kappa shape index (κ3) is 4.81. The summed E-state index contributed by atoms with van der Waals surface area (Å²) in [4.78, 5) is 24.8. The molecule has 21 heavy (non-hydrogen) atoms. The van der Waals surface area contributed by atoms with Gasteiger partial charge in [-0.05, 0) is 25.5 Å². The molecule has 0 fully saturated rings. The van der Waals surface area contributed by atoms with Gasteiger partial charge in [-0.3, -0.25) is 9.59 Å². The number of anilines is 1. The summed E-state index contributed by atoms with van der Waals surface area (Å²) in [5, 5.41) is 2.20. The summed E-state index contributed by atoms with van der Waals surface area (Å²) in [6.07, 6.45) is 0.751. The van der Waals surface area contributed by atoms with Gasteiger partial charge in [0.25, 0.3) is 0 Å². The van der Waals surface area contributed by atoms with Crippen LogP contribution in [0.15, 0.2) is 18.2 Å². The number of carbonyl (C=O) groups excluding carboxylic acids is 2.